The van der Waals surface area contributed by atoms with E-state index in [4.69, 9.17) is 9.63 Å². The van der Waals surface area contributed by atoms with E-state index in [1.54, 1.807) is 18.2 Å². The van der Waals surface area contributed by atoms with Crippen molar-refractivity contribution in [1.29, 1.82) is 0 Å². The van der Waals surface area contributed by atoms with E-state index >= 15 is 0 Å². The topological polar surface area (TPSA) is 101 Å². The molecule has 3 heterocycles. The number of pyridine rings is 1. The number of nitrogens with zero attached hydrogens (tertiary/aromatic N) is 3. The van der Waals surface area contributed by atoms with Gasteiger partial charge in [-0.3, -0.25) is 4.98 Å². The van der Waals surface area contributed by atoms with Gasteiger partial charge >= 0.3 is 5.97 Å². The number of rotatable bonds is 4. The molecule has 28 heavy (non-hydrogen) atoms. The predicted molar refractivity (Wildman–Crippen MR) is 100 cm³/mol. The Bertz CT molecular complexity index is 878. The van der Waals surface area contributed by atoms with Crippen molar-refractivity contribution < 1.29 is 18.8 Å². The van der Waals surface area contributed by atoms with Crippen LogP contribution in [0.4, 0.5) is 4.39 Å². The quantitative estimate of drug-likeness (QED) is 0.712. The Hall–Kier alpha value is -3.13. The van der Waals surface area contributed by atoms with E-state index in [9.17, 15) is 9.18 Å². The van der Waals surface area contributed by atoms with Crippen molar-refractivity contribution in [2.75, 3.05) is 13.1 Å². The summed E-state index contributed by atoms with van der Waals surface area (Å²) < 4.78 is 18.1. The third-order valence-corrected chi connectivity index (χ3v) is 4.40. The molecule has 1 aliphatic rings. The van der Waals surface area contributed by atoms with Gasteiger partial charge in [0.2, 0.25) is 11.7 Å². The van der Waals surface area contributed by atoms with E-state index in [0.717, 1.165) is 37.9 Å². The minimum absolute atomic E-state index is 0.220. The summed E-state index contributed by atoms with van der Waals surface area (Å²) in [5.41, 5.74) is 0.999. The van der Waals surface area contributed by atoms with Crippen molar-refractivity contribution >= 4 is 5.97 Å². The first kappa shape index (κ1) is 19.6. The Morgan fingerprint density at radius 2 is 1.96 bits per heavy atom. The Labute approximate surface area is 161 Å². The highest BCUT2D eigenvalue weighted by molar-refractivity contribution is 5.86. The average Bonchev–Trinajstić information content (AvgIpc) is 3.19. The van der Waals surface area contributed by atoms with Gasteiger partial charge in [0.1, 0.15) is 5.82 Å². The Kier molecular flexibility index (Phi) is 6.80. The van der Waals surface area contributed by atoms with Gasteiger partial charge in [0.15, 0.2) is 0 Å². The second-order valence-corrected chi connectivity index (χ2v) is 6.46. The number of carbonyl (C=O) groups is 1. The van der Waals surface area contributed by atoms with Gasteiger partial charge in [-0.2, -0.15) is 4.98 Å². The molecule has 1 saturated heterocycles. The molecular weight excluding hydrogens is 363 g/mol. The van der Waals surface area contributed by atoms with Crippen LogP contribution in [0.25, 0.3) is 11.4 Å². The highest BCUT2D eigenvalue weighted by Gasteiger charge is 2.17. The summed E-state index contributed by atoms with van der Waals surface area (Å²) in [5.74, 6) is 0.614. The molecular formula is C20H21FN4O3. The number of halogens is 1. The summed E-state index contributed by atoms with van der Waals surface area (Å²) in [6.07, 6.45) is 5.97. The van der Waals surface area contributed by atoms with Crippen LogP contribution in [-0.4, -0.2) is 39.3 Å². The van der Waals surface area contributed by atoms with Crippen molar-refractivity contribution in [2.45, 2.75) is 19.3 Å². The maximum atomic E-state index is 12.8. The van der Waals surface area contributed by atoms with E-state index in [-0.39, 0.29) is 11.4 Å². The molecule has 1 fully saturated rings. The average molecular weight is 384 g/mol. The van der Waals surface area contributed by atoms with E-state index in [2.05, 4.69) is 20.4 Å². The van der Waals surface area contributed by atoms with Gasteiger partial charge in [0.05, 0.1) is 5.56 Å². The molecule has 0 radical (unpaired) electrons. The fraction of sp³-hybridized carbons (Fsp3) is 0.300. The lowest BCUT2D eigenvalue weighted by atomic mass is 9.95. The third-order valence-electron chi connectivity index (χ3n) is 4.40. The molecule has 3 aromatic rings. The number of piperidine rings is 1. The lowest BCUT2D eigenvalue weighted by molar-refractivity contribution is 0.0696. The molecule has 4 rings (SSSR count). The normalized spacial score (nSPS) is 14.2. The standard InChI is InChI=1S/C14H16FN3O.C6H5NO2/c15-12-3-1-11(2-4-12)14-17-13(19-18-14)9-10-5-7-16-8-6-10;8-6(9)5-2-1-3-7-4-5/h1-4,10,16H,5-9H2;1-4H,(H,8,9). The van der Waals surface area contributed by atoms with Crippen LogP contribution in [-0.2, 0) is 6.42 Å². The number of hydrogen-bond acceptors (Lipinski definition) is 6. The van der Waals surface area contributed by atoms with Crippen LogP contribution in [0, 0.1) is 11.7 Å². The van der Waals surface area contributed by atoms with Crippen molar-refractivity contribution in [3.8, 4) is 11.4 Å². The van der Waals surface area contributed by atoms with Crippen LogP contribution < -0.4 is 5.32 Å². The van der Waals surface area contributed by atoms with Gasteiger partial charge in [0.25, 0.3) is 0 Å². The zero-order chi connectivity index (χ0) is 19.8. The number of nitrogens with one attached hydrogen (secondary N) is 1. The molecule has 0 saturated carbocycles. The molecule has 8 heteroatoms. The summed E-state index contributed by atoms with van der Waals surface area (Å²) in [4.78, 5) is 18.2. The van der Waals surface area contributed by atoms with Crippen LogP contribution in [0.3, 0.4) is 0 Å². The SMILES string of the molecule is Fc1ccc(-c2noc(CC3CCNCC3)n2)cc1.O=C(O)c1cccnc1. The number of carboxylic acid groups (broad SMARTS) is 1. The van der Waals surface area contributed by atoms with Crippen molar-refractivity contribution in [2.24, 2.45) is 5.92 Å². The number of hydrogen-bond donors (Lipinski definition) is 2. The molecule has 146 valence electrons. The number of benzene rings is 1. The number of aromatic carboxylic acids is 1. The minimum Gasteiger partial charge on any atom is -0.478 e. The first-order chi connectivity index (χ1) is 13.6. The second-order valence-electron chi connectivity index (χ2n) is 6.46. The molecule has 1 aromatic carbocycles. The molecule has 0 aliphatic carbocycles. The lowest BCUT2D eigenvalue weighted by Gasteiger charge is -2.20. The molecule has 7 nitrogen and oxygen atoms in total. The van der Waals surface area contributed by atoms with Crippen LogP contribution in [0.15, 0.2) is 53.3 Å². The summed E-state index contributed by atoms with van der Waals surface area (Å²) >= 11 is 0. The van der Waals surface area contributed by atoms with E-state index in [1.807, 2.05) is 0 Å². The molecule has 2 aromatic heterocycles. The summed E-state index contributed by atoms with van der Waals surface area (Å²) in [6, 6.07) is 9.21. The van der Waals surface area contributed by atoms with Gasteiger partial charge in [0, 0.05) is 24.4 Å². The Morgan fingerprint density at radius 1 is 1.21 bits per heavy atom. The third kappa shape index (κ3) is 5.68. The monoisotopic (exact) mass is 384 g/mol. The minimum atomic E-state index is -0.942. The zero-order valence-electron chi connectivity index (χ0n) is 15.2. The van der Waals surface area contributed by atoms with E-state index in [0.29, 0.717) is 17.6 Å². The smallest absolute Gasteiger partial charge is 0.337 e. The molecule has 2 N–H and O–H groups in total. The molecule has 0 bridgehead atoms. The van der Waals surface area contributed by atoms with Crippen LogP contribution in [0.2, 0.25) is 0 Å². The molecule has 1 aliphatic heterocycles. The molecule has 0 spiro atoms. The molecule has 0 atom stereocenters. The van der Waals surface area contributed by atoms with Crippen molar-refractivity contribution in [1.82, 2.24) is 20.4 Å². The van der Waals surface area contributed by atoms with Crippen LogP contribution in [0.1, 0.15) is 29.1 Å². The van der Waals surface area contributed by atoms with Gasteiger partial charge in [-0.05, 0) is 68.2 Å². The van der Waals surface area contributed by atoms with Gasteiger partial charge in [-0.15, -0.1) is 0 Å². The van der Waals surface area contributed by atoms with Gasteiger partial charge in [-0.25, -0.2) is 9.18 Å². The number of carboxylic acids is 1. The molecule has 0 amide bonds. The van der Waals surface area contributed by atoms with E-state index in [1.165, 1.54) is 30.6 Å². The first-order valence-electron chi connectivity index (χ1n) is 9.04. The van der Waals surface area contributed by atoms with Crippen molar-refractivity contribution in [3.63, 3.8) is 0 Å². The summed E-state index contributed by atoms with van der Waals surface area (Å²) in [6.45, 7) is 2.12. The highest BCUT2D eigenvalue weighted by atomic mass is 19.1. The van der Waals surface area contributed by atoms with Gasteiger partial charge < -0.3 is 14.9 Å². The summed E-state index contributed by atoms with van der Waals surface area (Å²) in [7, 11) is 0. The predicted octanol–water partition coefficient (Wildman–Crippen LogP) is 3.20. The largest absolute Gasteiger partial charge is 0.478 e. The fourth-order valence-electron chi connectivity index (χ4n) is 2.88. The van der Waals surface area contributed by atoms with Crippen molar-refractivity contribution in [3.05, 3.63) is 66.1 Å². The maximum absolute atomic E-state index is 12.8. The van der Waals surface area contributed by atoms with E-state index < -0.39 is 5.97 Å². The van der Waals surface area contributed by atoms with Crippen LogP contribution in [0.5, 0.6) is 0 Å². The van der Waals surface area contributed by atoms with Crippen LogP contribution >= 0.6 is 0 Å². The number of aromatic nitrogens is 3. The second kappa shape index (κ2) is 9.70. The maximum Gasteiger partial charge on any atom is 0.337 e. The Morgan fingerprint density at radius 3 is 2.57 bits per heavy atom. The first-order valence-corrected chi connectivity index (χ1v) is 9.04. The lowest BCUT2D eigenvalue weighted by Crippen LogP contribution is -2.28. The van der Waals surface area contributed by atoms with Gasteiger partial charge in [-0.1, -0.05) is 5.16 Å². The highest BCUT2D eigenvalue weighted by Crippen LogP contribution is 2.20. The fourth-order valence-corrected chi connectivity index (χ4v) is 2.88. The summed E-state index contributed by atoms with van der Waals surface area (Å²) in [5, 5.41) is 15.6. The zero-order valence-corrected chi connectivity index (χ0v) is 15.2. The Balaban J connectivity index is 0.000000211. The molecule has 0 unspecified atom stereocenters.